The van der Waals surface area contributed by atoms with Crippen molar-refractivity contribution < 1.29 is 14.0 Å². The number of Topliss-reactive ketones (excluding diaryl/α,β-unsaturated/α-hetero) is 1. The maximum atomic E-state index is 12.5. The summed E-state index contributed by atoms with van der Waals surface area (Å²) >= 11 is 0. The zero-order valence-corrected chi connectivity index (χ0v) is 13.2. The lowest BCUT2D eigenvalue weighted by atomic mass is 9.65. The first-order chi connectivity index (χ1) is 10.2. The average molecular weight is 303 g/mol. The van der Waals surface area contributed by atoms with E-state index >= 15 is 0 Å². The molecule has 0 bridgehead atoms. The van der Waals surface area contributed by atoms with Crippen LogP contribution in [0.15, 0.2) is 22.6 Å². The quantitative estimate of drug-likeness (QED) is 0.852. The molecule has 3 rings (SSSR count). The van der Waals surface area contributed by atoms with Gasteiger partial charge in [0.25, 0.3) is 5.91 Å². The number of aromatic nitrogens is 1. The first kappa shape index (κ1) is 14.8. The molecule has 1 aromatic rings. The second-order valence-corrected chi connectivity index (χ2v) is 7.09. The molecule has 2 heterocycles. The van der Waals surface area contributed by atoms with Gasteiger partial charge in [-0.2, -0.15) is 0 Å². The summed E-state index contributed by atoms with van der Waals surface area (Å²) in [6.45, 7) is 6.77. The molecule has 1 aliphatic heterocycles. The predicted molar refractivity (Wildman–Crippen MR) is 79.9 cm³/mol. The van der Waals surface area contributed by atoms with Crippen molar-refractivity contribution >= 4 is 11.7 Å². The van der Waals surface area contributed by atoms with E-state index in [2.05, 4.69) is 4.98 Å². The van der Waals surface area contributed by atoms with Crippen LogP contribution in [0.3, 0.4) is 0 Å². The maximum absolute atomic E-state index is 12.5. The van der Waals surface area contributed by atoms with Gasteiger partial charge in [0.1, 0.15) is 5.76 Å². The molecule has 0 radical (unpaired) electrons. The van der Waals surface area contributed by atoms with Crippen molar-refractivity contribution in [1.82, 2.24) is 9.88 Å². The van der Waals surface area contributed by atoms with Crippen molar-refractivity contribution in [2.45, 2.75) is 33.6 Å². The number of likely N-dealkylation sites (tertiary alicyclic amines) is 1. The van der Waals surface area contributed by atoms with Crippen LogP contribution in [-0.2, 0) is 4.79 Å². The Morgan fingerprint density at radius 1 is 1.45 bits per heavy atom. The predicted octanol–water partition coefficient (Wildman–Crippen LogP) is 1.66. The van der Waals surface area contributed by atoms with Crippen molar-refractivity contribution in [3.05, 3.63) is 29.6 Å². The number of nitrogens with two attached hydrogens (primary N) is 1. The zero-order valence-electron chi connectivity index (χ0n) is 13.2. The molecule has 1 aliphatic carbocycles. The minimum absolute atomic E-state index is 0.00440. The molecule has 0 unspecified atom stereocenters. The van der Waals surface area contributed by atoms with Crippen LogP contribution in [0.2, 0.25) is 0 Å². The summed E-state index contributed by atoms with van der Waals surface area (Å²) in [6, 6.07) is 0. The highest BCUT2D eigenvalue weighted by atomic mass is 16.3. The van der Waals surface area contributed by atoms with Crippen molar-refractivity contribution in [3.8, 4) is 0 Å². The van der Waals surface area contributed by atoms with Gasteiger partial charge in [-0.15, -0.1) is 0 Å². The third kappa shape index (κ3) is 2.23. The molecule has 1 atom stereocenters. The molecular weight excluding hydrogens is 282 g/mol. The summed E-state index contributed by atoms with van der Waals surface area (Å²) in [6.07, 6.45) is 4.67. The summed E-state index contributed by atoms with van der Waals surface area (Å²) in [5, 5.41) is 0. The van der Waals surface area contributed by atoms with Crippen LogP contribution < -0.4 is 5.73 Å². The Labute approximate surface area is 129 Å². The number of allylic oxidation sites excluding steroid dienone is 1. The lowest BCUT2D eigenvalue weighted by molar-refractivity contribution is -0.125. The van der Waals surface area contributed by atoms with Gasteiger partial charge < -0.3 is 15.1 Å². The van der Waals surface area contributed by atoms with Gasteiger partial charge in [0, 0.05) is 23.9 Å². The van der Waals surface area contributed by atoms with E-state index in [0.29, 0.717) is 36.7 Å². The van der Waals surface area contributed by atoms with Crippen LogP contribution >= 0.6 is 0 Å². The Kier molecular flexibility index (Phi) is 3.16. The number of carbonyl (C=O) groups is 2. The van der Waals surface area contributed by atoms with Gasteiger partial charge in [0.2, 0.25) is 0 Å². The third-order valence-electron chi connectivity index (χ3n) is 4.75. The summed E-state index contributed by atoms with van der Waals surface area (Å²) < 4.78 is 5.11. The first-order valence-corrected chi connectivity index (χ1v) is 7.47. The Morgan fingerprint density at radius 3 is 2.77 bits per heavy atom. The first-order valence-electron chi connectivity index (χ1n) is 7.47. The Balaban J connectivity index is 1.85. The van der Waals surface area contributed by atoms with Crippen molar-refractivity contribution in [2.24, 2.45) is 16.6 Å². The number of amides is 1. The number of hydrogen-bond donors (Lipinski definition) is 1. The normalized spacial score (nSPS) is 27.3. The topological polar surface area (TPSA) is 89.4 Å². The highest BCUT2D eigenvalue weighted by Crippen LogP contribution is 2.47. The van der Waals surface area contributed by atoms with E-state index < -0.39 is 5.41 Å². The van der Waals surface area contributed by atoms with E-state index in [4.69, 9.17) is 10.2 Å². The van der Waals surface area contributed by atoms with E-state index in [1.54, 1.807) is 11.8 Å². The maximum Gasteiger partial charge on any atom is 0.276 e. The molecule has 1 amide bonds. The highest BCUT2D eigenvalue weighted by Gasteiger charge is 2.48. The van der Waals surface area contributed by atoms with Gasteiger partial charge in [-0.05, 0) is 25.8 Å². The van der Waals surface area contributed by atoms with Crippen molar-refractivity contribution in [1.29, 1.82) is 0 Å². The fourth-order valence-electron chi connectivity index (χ4n) is 3.79. The number of oxazole rings is 1. The SMILES string of the molecule is Cc1ocnc1C(=O)N1CC[C@]2(C=C(N)C(=O)C(C)(C)C2)C1. The molecule has 0 aromatic carbocycles. The fourth-order valence-corrected chi connectivity index (χ4v) is 3.79. The number of nitrogens with zero attached hydrogens (tertiary/aromatic N) is 2. The van der Waals surface area contributed by atoms with Crippen LogP contribution in [0.4, 0.5) is 0 Å². The summed E-state index contributed by atoms with van der Waals surface area (Å²) in [7, 11) is 0. The second kappa shape index (κ2) is 4.69. The fraction of sp³-hybridized carbons (Fsp3) is 0.562. The molecule has 2 N–H and O–H groups in total. The summed E-state index contributed by atoms with van der Waals surface area (Å²) in [4.78, 5) is 30.5. The van der Waals surface area contributed by atoms with E-state index in [0.717, 1.165) is 6.42 Å². The molecule has 118 valence electrons. The van der Waals surface area contributed by atoms with Gasteiger partial charge >= 0.3 is 0 Å². The molecule has 6 nitrogen and oxygen atoms in total. The minimum atomic E-state index is -0.484. The Hall–Kier alpha value is -2.11. The molecule has 2 aliphatic rings. The molecular formula is C16H21N3O3. The van der Waals surface area contributed by atoms with E-state index in [-0.39, 0.29) is 17.1 Å². The van der Waals surface area contributed by atoms with E-state index in [1.165, 1.54) is 6.39 Å². The lowest BCUT2D eigenvalue weighted by Gasteiger charge is -2.39. The number of aryl methyl sites for hydroxylation is 1. The largest absolute Gasteiger partial charge is 0.448 e. The second-order valence-electron chi connectivity index (χ2n) is 7.09. The molecule has 6 heteroatoms. The molecule has 0 saturated carbocycles. The van der Waals surface area contributed by atoms with Gasteiger partial charge in [-0.3, -0.25) is 9.59 Å². The van der Waals surface area contributed by atoms with Gasteiger partial charge in [0.05, 0.1) is 5.70 Å². The van der Waals surface area contributed by atoms with Crippen LogP contribution in [0.25, 0.3) is 0 Å². The summed E-state index contributed by atoms with van der Waals surface area (Å²) in [5.41, 5.74) is 5.92. The minimum Gasteiger partial charge on any atom is -0.448 e. The number of carbonyl (C=O) groups excluding carboxylic acids is 2. The van der Waals surface area contributed by atoms with Crippen LogP contribution in [0.1, 0.15) is 42.9 Å². The number of ketones is 1. The van der Waals surface area contributed by atoms with Crippen LogP contribution in [0.5, 0.6) is 0 Å². The van der Waals surface area contributed by atoms with E-state index in [9.17, 15) is 9.59 Å². The van der Waals surface area contributed by atoms with Gasteiger partial charge in [0.15, 0.2) is 17.9 Å². The zero-order chi connectivity index (χ0) is 16.1. The average Bonchev–Trinajstić information content (AvgIpc) is 3.02. The molecule has 1 spiro atoms. The monoisotopic (exact) mass is 303 g/mol. The third-order valence-corrected chi connectivity index (χ3v) is 4.75. The van der Waals surface area contributed by atoms with Crippen molar-refractivity contribution in [3.63, 3.8) is 0 Å². The van der Waals surface area contributed by atoms with Gasteiger partial charge in [-0.1, -0.05) is 13.8 Å². The lowest BCUT2D eigenvalue weighted by Crippen LogP contribution is -2.42. The van der Waals surface area contributed by atoms with Crippen LogP contribution in [0, 0.1) is 17.8 Å². The molecule has 1 saturated heterocycles. The Morgan fingerprint density at radius 2 is 2.18 bits per heavy atom. The van der Waals surface area contributed by atoms with Crippen LogP contribution in [-0.4, -0.2) is 34.7 Å². The molecule has 1 aromatic heterocycles. The van der Waals surface area contributed by atoms with Crippen molar-refractivity contribution in [2.75, 3.05) is 13.1 Å². The number of hydrogen-bond acceptors (Lipinski definition) is 5. The van der Waals surface area contributed by atoms with Gasteiger partial charge in [-0.25, -0.2) is 4.98 Å². The smallest absolute Gasteiger partial charge is 0.276 e. The van der Waals surface area contributed by atoms with E-state index in [1.807, 2.05) is 19.9 Å². The standard InChI is InChI=1S/C16H21N3O3/c1-10-12(18-9-22-10)14(21)19-5-4-16(8-19)6-11(17)13(20)15(2,3)7-16/h6,9H,4-5,7-8,17H2,1-3H3/t16-/m1/s1. The Bertz CT molecular complexity index is 674. The molecule has 22 heavy (non-hydrogen) atoms. The summed E-state index contributed by atoms with van der Waals surface area (Å²) in [5.74, 6) is 0.403. The highest BCUT2D eigenvalue weighted by molar-refractivity contribution is 6.00. The number of rotatable bonds is 1. The molecule has 1 fully saturated rings.